The fraction of sp³-hybridized carbons (Fsp3) is 0.250. The molecule has 2 aromatic rings. The molecule has 0 heterocycles. The Kier molecular flexibility index (Phi) is 5.09. The third-order valence-electron chi connectivity index (χ3n) is 2.85. The molecule has 0 fully saturated rings. The molecule has 0 saturated heterocycles. The largest absolute Gasteiger partial charge is 0.494 e. The molecule has 0 amide bonds. The van der Waals surface area contributed by atoms with Gasteiger partial charge in [0.2, 0.25) is 0 Å². The van der Waals surface area contributed by atoms with E-state index in [4.69, 9.17) is 4.74 Å². The van der Waals surface area contributed by atoms with Crippen LogP contribution in [0, 0.1) is 17.5 Å². The van der Waals surface area contributed by atoms with Crippen molar-refractivity contribution in [3.8, 4) is 5.75 Å². The van der Waals surface area contributed by atoms with E-state index in [1.807, 2.05) is 25.1 Å². The van der Waals surface area contributed by atoms with E-state index in [1.54, 1.807) is 6.07 Å². The first kappa shape index (κ1) is 15.2. The van der Waals surface area contributed by atoms with Crippen LogP contribution in [0.15, 0.2) is 36.4 Å². The lowest BCUT2D eigenvalue weighted by Gasteiger charge is -2.10. The molecule has 112 valence electrons. The summed E-state index contributed by atoms with van der Waals surface area (Å²) in [6.07, 6.45) is 0.909. The quantitative estimate of drug-likeness (QED) is 0.792. The molecule has 1 N–H and O–H groups in total. The van der Waals surface area contributed by atoms with Crippen molar-refractivity contribution in [2.45, 2.75) is 19.9 Å². The number of benzene rings is 2. The number of hydrogen-bond acceptors (Lipinski definition) is 2. The van der Waals surface area contributed by atoms with Crippen LogP contribution in [0.4, 0.5) is 18.9 Å². The van der Waals surface area contributed by atoms with Crippen molar-refractivity contribution >= 4 is 5.69 Å². The normalized spacial score (nSPS) is 10.5. The summed E-state index contributed by atoms with van der Waals surface area (Å²) in [7, 11) is 0. The number of anilines is 1. The van der Waals surface area contributed by atoms with E-state index in [0.29, 0.717) is 12.2 Å². The molecule has 21 heavy (non-hydrogen) atoms. The summed E-state index contributed by atoms with van der Waals surface area (Å²) in [6, 6.07) is 9.21. The highest BCUT2D eigenvalue weighted by Gasteiger charge is 2.10. The zero-order valence-corrected chi connectivity index (χ0v) is 11.6. The Balaban J connectivity index is 2.03. The van der Waals surface area contributed by atoms with Crippen molar-refractivity contribution < 1.29 is 17.9 Å². The van der Waals surface area contributed by atoms with Gasteiger partial charge in [-0.1, -0.05) is 13.0 Å². The van der Waals surface area contributed by atoms with Crippen molar-refractivity contribution in [3.63, 3.8) is 0 Å². The molecule has 0 aliphatic carbocycles. The highest BCUT2D eigenvalue weighted by molar-refractivity contribution is 5.48. The fourth-order valence-electron chi connectivity index (χ4n) is 1.83. The second-order valence-corrected chi connectivity index (χ2v) is 4.60. The van der Waals surface area contributed by atoms with Gasteiger partial charge in [0.05, 0.1) is 6.61 Å². The van der Waals surface area contributed by atoms with E-state index in [2.05, 4.69) is 5.32 Å². The molecule has 0 aliphatic heterocycles. The van der Waals surface area contributed by atoms with E-state index in [1.165, 1.54) is 0 Å². The number of hydrogen-bond donors (Lipinski definition) is 1. The van der Waals surface area contributed by atoms with Gasteiger partial charge in [0.15, 0.2) is 17.5 Å². The number of ether oxygens (including phenoxy) is 1. The van der Waals surface area contributed by atoms with E-state index in [-0.39, 0.29) is 6.54 Å². The highest BCUT2D eigenvalue weighted by atomic mass is 19.2. The zero-order valence-electron chi connectivity index (χ0n) is 11.6. The lowest BCUT2D eigenvalue weighted by molar-refractivity contribution is 0.317. The van der Waals surface area contributed by atoms with Crippen molar-refractivity contribution in [2.24, 2.45) is 0 Å². The second-order valence-electron chi connectivity index (χ2n) is 4.60. The van der Waals surface area contributed by atoms with Crippen LogP contribution in [0.5, 0.6) is 5.75 Å². The van der Waals surface area contributed by atoms with Gasteiger partial charge >= 0.3 is 0 Å². The summed E-state index contributed by atoms with van der Waals surface area (Å²) >= 11 is 0. The minimum absolute atomic E-state index is 0.186. The van der Waals surface area contributed by atoms with Crippen molar-refractivity contribution in [3.05, 3.63) is 59.4 Å². The van der Waals surface area contributed by atoms with Crippen LogP contribution < -0.4 is 10.1 Å². The monoisotopic (exact) mass is 295 g/mol. The maximum atomic E-state index is 13.1. The molecule has 2 aromatic carbocycles. The summed E-state index contributed by atoms with van der Waals surface area (Å²) in [6.45, 7) is 2.82. The van der Waals surface area contributed by atoms with E-state index in [0.717, 1.165) is 30.0 Å². The maximum absolute atomic E-state index is 13.1. The number of rotatable bonds is 6. The Bertz CT molecular complexity index is 593. The molecule has 0 aromatic heterocycles. The highest BCUT2D eigenvalue weighted by Crippen LogP contribution is 2.19. The second kappa shape index (κ2) is 7.02. The predicted molar refractivity (Wildman–Crippen MR) is 75.9 cm³/mol. The molecule has 0 unspecified atom stereocenters. The SMILES string of the molecule is CCCOc1cccc(NCc2cc(F)c(F)c(F)c2)c1. The van der Waals surface area contributed by atoms with Gasteiger partial charge in [0.25, 0.3) is 0 Å². The predicted octanol–water partition coefficient (Wildman–Crippen LogP) is 4.50. The molecule has 0 spiro atoms. The minimum Gasteiger partial charge on any atom is -0.494 e. The lowest BCUT2D eigenvalue weighted by atomic mass is 10.2. The summed E-state index contributed by atoms with van der Waals surface area (Å²) in [4.78, 5) is 0. The smallest absolute Gasteiger partial charge is 0.194 e. The van der Waals surface area contributed by atoms with E-state index >= 15 is 0 Å². The average Bonchev–Trinajstić information content (AvgIpc) is 2.49. The van der Waals surface area contributed by atoms with Gasteiger partial charge in [-0.3, -0.25) is 0 Å². The van der Waals surface area contributed by atoms with E-state index in [9.17, 15) is 13.2 Å². The van der Waals surface area contributed by atoms with Gasteiger partial charge in [0.1, 0.15) is 5.75 Å². The molecule has 2 nitrogen and oxygen atoms in total. The van der Waals surface area contributed by atoms with Gasteiger partial charge in [-0.25, -0.2) is 13.2 Å². The zero-order chi connectivity index (χ0) is 15.2. The maximum Gasteiger partial charge on any atom is 0.194 e. The number of nitrogens with one attached hydrogen (secondary N) is 1. The summed E-state index contributed by atoms with van der Waals surface area (Å²) in [5.74, 6) is -3.11. The summed E-state index contributed by atoms with van der Waals surface area (Å²) in [5.41, 5.74) is 1.08. The number of halogens is 3. The van der Waals surface area contributed by atoms with Gasteiger partial charge in [-0.05, 0) is 36.2 Å². The van der Waals surface area contributed by atoms with Crippen LogP contribution >= 0.6 is 0 Å². The topological polar surface area (TPSA) is 21.3 Å². The Hall–Kier alpha value is -2.17. The minimum atomic E-state index is -1.45. The van der Waals surface area contributed by atoms with Gasteiger partial charge in [0, 0.05) is 18.3 Å². The Morgan fingerprint density at radius 2 is 1.76 bits per heavy atom. The Labute approximate surface area is 121 Å². The molecule has 0 atom stereocenters. The van der Waals surface area contributed by atoms with Crippen molar-refractivity contribution in [1.29, 1.82) is 0 Å². The molecule has 0 aliphatic rings. The van der Waals surface area contributed by atoms with Crippen LogP contribution in [0.3, 0.4) is 0 Å². The first-order valence-corrected chi connectivity index (χ1v) is 6.70. The third-order valence-corrected chi connectivity index (χ3v) is 2.85. The Morgan fingerprint density at radius 1 is 1.05 bits per heavy atom. The van der Waals surface area contributed by atoms with Crippen LogP contribution in [-0.2, 0) is 6.54 Å². The van der Waals surface area contributed by atoms with Crippen LogP contribution in [0.25, 0.3) is 0 Å². The summed E-state index contributed by atoms with van der Waals surface area (Å²) < 4.78 is 44.6. The molecular weight excluding hydrogens is 279 g/mol. The van der Waals surface area contributed by atoms with Gasteiger partial charge < -0.3 is 10.1 Å². The molecule has 0 saturated carbocycles. The third kappa shape index (κ3) is 4.15. The molecule has 0 bridgehead atoms. The molecule has 0 radical (unpaired) electrons. The van der Waals surface area contributed by atoms with Crippen LogP contribution in [0.2, 0.25) is 0 Å². The van der Waals surface area contributed by atoms with Gasteiger partial charge in [-0.15, -0.1) is 0 Å². The van der Waals surface area contributed by atoms with Crippen LogP contribution in [0.1, 0.15) is 18.9 Å². The molecule has 2 rings (SSSR count). The van der Waals surface area contributed by atoms with Crippen molar-refractivity contribution in [2.75, 3.05) is 11.9 Å². The average molecular weight is 295 g/mol. The van der Waals surface area contributed by atoms with E-state index < -0.39 is 17.5 Å². The first-order chi connectivity index (χ1) is 10.1. The van der Waals surface area contributed by atoms with Crippen molar-refractivity contribution in [1.82, 2.24) is 0 Å². The standard InChI is InChI=1S/C16H16F3NO/c1-2-6-21-13-5-3-4-12(9-13)20-10-11-7-14(17)16(19)15(18)8-11/h3-5,7-9,20H,2,6,10H2,1H3. The van der Waals surface area contributed by atoms with Crippen LogP contribution in [-0.4, -0.2) is 6.61 Å². The fourth-order valence-corrected chi connectivity index (χ4v) is 1.83. The first-order valence-electron chi connectivity index (χ1n) is 6.70. The molecule has 5 heteroatoms. The molecular formula is C16H16F3NO. The Morgan fingerprint density at radius 3 is 2.43 bits per heavy atom. The summed E-state index contributed by atoms with van der Waals surface area (Å²) in [5, 5.41) is 3.02. The lowest BCUT2D eigenvalue weighted by Crippen LogP contribution is -2.03. The van der Waals surface area contributed by atoms with Gasteiger partial charge in [-0.2, -0.15) is 0 Å².